The van der Waals surface area contributed by atoms with Gasteiger partial charge in [0.15, 0.2) is 0 Å². The van der Waals surface area contributed by atoms with Gasteiger partial charge in [-0.25, -0.2) is 0 Å². The molecule has 0 bridgehead atoms. The molecule has 6 heteroatoms. The number of alkyl halides is 3. The number of benzene rings is 1. The smallest absolute Gasteiger partial charge is 0.406 e. The summed E-state index contributed by atoms with van der Waals surface area (Å²) >= 11 is 0. The zero-order chi connectivity index (χ0) is 14.8. The molecule has 1 aliphatic carbocycles. The summed E-state index contributed by atoms with van der Waals surface area (Å²) in [6, 6.07) is 5.88. The Labute approximate surface area is 116 Å². The maximum atomic E-state index is 12.3. The first-order valence-electron chi connectivity index (χ1n) is 6.50. The van der Waals surface area contributed by atoms with Crippen LogP contribution in [-0.4, -0.2) is 26.6 Å². The van der Waals surface area contributed by atoms with E-state index in [1.54, 1.807) is 26.3 Å². The Hall–Kier alpha value is -1.27. The average molecular weight is 289 g/mol. The van der Waals surface area contributed by atoms with Crippen LogP contribution in [0.3, 0.4) is 0 Å². The third kappa shape index (κ3) is 3.86. The van der Waals surface area contributed by atoms with Gasteiger partial charge >= 0.3 is 6.36 Å². The number of rotatable bonds is 6. The van der Waals surface area contributed by atoms with Gasteiger partial charge in [0.05, 0.1) is 12.1 Å². The van der Waals surface area contributed by atoms with E-state index in [2.05, 4.69) is 10.1 Å². The van der Waals surface area contributed by atoms with Crippen molar-refractivity contribution in [3.05, 3.63) is 29.8 Å². The molecule has 1 aromatic carbocycles. The molecule has 0 amide bonds. The SMILES string of the molecule is CNC(c1cccc(OC(F)(F)F)c1)C(OC)C1CC1. The zero-order valence-corrected chi connectivity index (χ0v) is 11.4. The third-order valence-electron chi connectivity index (χ3n) is 3.45. The monoisotopic (exact) mass is 289 g/mol. The van der Waals surface area contributed by atoms with Crippen LogP contribution in [0.1, 0.15) is 24.4 Å². The summed E-state index contributed by atoms with van der Waals surface area (Å²) in [4.78, 5) is 0. The van der Waals surface area contributed by atoms with Gasteiger partial charge in [0.25, 0.3) is 0 Å². The molecular formula is C14H18F3NO2. The molecule has 20 heavy (non-hydrogen) atoms. The minimum Gasteiger partial charge on any atom is -0.406 e. The first-order chi connectivity index (χ1) is 9.44. The third-order valence-corrected chi connectivity index (χ3v) is 3.45. The summed E-state index contributed by atoms with van der Waals surface area (Å²) in [6.07, 6.45) is -2.53. The maximum absolute atomic E-state index is 12.3. The summed E-state index contributed by atoms with van der Waals surface area (Å²) in [6.45, 7) is 0. The number of halogens is 3. The van der Waals surface area contributed by atoms with Crippen LogP contribution in [0.25, 0.3) is 0 Å². The van der Waals surface area contributed by atoms with Crippen LogP contribution in [0.5, 0.6) is 5.75 Å². The fourth-order valence-electron chi connectivity index (χ4n) is 2.45. The van der Waals surface area contributed by atoms with Gasteiger partial charge in [-0.1, -0.05) is 12.1 Å². The number of nitrogens with one attached hydrogen (secondary N) is 1. The lowest BCUT2D eigenvalue weighted by atomic mass is 9.98. The largest absolute Gasteiger partial charge is 0.573 e. The summed E-state index contributed by atoms with van der Waals surface area (Å²) in [5, 5.41) is 3.12. The highest BCUT2D eigenvalue weighted by atomic mass is 19.4. The van der Waals surface area contributed by atoms with Crippen molar-refractivity contribution in [2.45, 2.75) is 31.3 Å². The van der Waals surface area contributed by atoms with Crippen molar-refractivity contribution in [3.63, 3.8) is 0 Å². The van der Waals surface area contributed by atoms with E-state index >= 15 is 0 Å². The van der Waals surface area contributed by atoms with Crippen LogP contribution in [0.15, 0.2) is 24.3 Å². The van der Waals surface area contributed by atoms with Gasteiger partial charge in [-0.15, -0.1) is 13.2 Å². The van der Waals surface area contributed by atoms with Gasteiger partial charge in [-0.3, -0.25) is 0 Å². The minimum atomic E-state index is -4.68. The van der Waals surface area contributed by atoms with Crippen molar-refractivity contribution in [1.29, 1.82) is 0 Å². The highest BCUT2D eigenvalue weighted by molar-refractivity contribution is 5.31. The van der Waals surface area contributed by atoms with Gasteiger partial charge in [-0.05, 0) is 43.5 Å². The molecule has 2 unspecified atom stereocenters. The molecule has 112 valence electrons. The van der Waals surface area contributed by atoms with Crippen molar-refractivity contribution in [2.24, 2.45) is 5.92 Å². The Bertz CT molecular complexity index is 446. The molecule has 0 heterocycles. The van der Waals surface area contributed by atoms with Gasteiger partial charge in [0.2, 0.25) is 0 Å². The van der Waals surface area contributed by atoms with Crippen molar-refractivity contribution >= 4 is 0 Å². The normalized spacial score (nSPS) is 18.6. The molecule has 1 saturated carbocycles. The first kappa shape index (κ1) is 15.1. The topological polar surface area (TPSA) is 30.5 Å². The maximum Gasteiger partial charge on any atom is 0.573 e. The van der Waals surface area contributed by atoms with Crippen LogP contribution in [-0.2, 0) is 4.74 Å². The molecule has 1 fully saturated rings. The van der Waals surface area contributed by atoms with E-state index in [9.17, 15) is 13.2 Å². The van der Waals surface area contributed by atoms with Crippen molar-refractivity contribution < 1.29 is 22.6 Å². The van der Waals surface area contributed by atoms with Crippen LogP contribution in [0, 0.1) is 5.92 Å². The second-order valence-electron chi connectivity index (χ2n) is 4.92. The molecule has 1 aromatic rings. The molecule has 3 nitrogen and oxygen atoms in total. The second-order valence-corrected chi connectivity index (χ2v) is 4.92. The van der Waals surface area contributed by atoms with E-state index in [4.69, 9.17) is 4.74 Å². The Kier molecular flexibility index (Phi) is 4.55. The summed E-state index contributed by atoms with van der Waals surface area (Å²) in [5.41, 5.74) is 0.730. The highest BCUT2D eigenvalue weighted by Crippen LogP contribution is 2.40. The summed E-state index contributed by atoms with van der Waals surface area (Å²) in [5.74, 6) is 0.255. The van der Waals surface area contributed by atoms with Crippen LogP contribution in [0.4, 0.5) is 13.2 Å². The Balaban J connectivity index is 2.19. The van der Waals surface area contributed by atoms with Gasteiger partial charge < -0.3 is 14.8 Å². The first-order valence-corrected chi connectivity index (χ1v) is 6.50. The zero-order valence-electron chi connectivity index (χ0n) is 11.4. The standard InChI is InChI=1S/C14H18F3NO2/c1-18-12(13(19-2)9-6-7-9)10-4-3-5-11(8-10)20-14(15,16)17/h3-5,8-9,12-13,18H,6-7H2,1-2H3. The predicted molar refractivity (Wildman–Crippen MR) is 68.4 cm³/mol. The van der Waals surface area contributed by atoms with E-state index in [1.165, 1.54) is 12.1 Å². The van der Waals surface area contributed by atoms with Gasteiger partial charge in [0.1, 0.15) is 5.75 Å². The molecule has 0 radical (unpaired) electrons. The van der Waals surface area contributed by atoms with Crippen molar-refractivity contribution in [2.75, 3.05) is 14.2 Å². The minimum absolute atomic E-state index is 0.0406. The fourth-order valence-corrected chi connectivity index (χ4v) is 2.45. The molecule has 0 spiro atoms. The van der Waals surface area contributed by atoms with Gasteiger partial charge in [-0.2, -0.15) is 0 Å². The van der Waals surface area contributed by atoms with E-state index < -0.39 is 6.36 Å². The number of methoxy groups -OCH3 is 1. The molecule has 1 N–H and O–H groups in total. The predicted octanol–water partition coefficient (Wildman–Crippen LogP) is 3.27. The number of likely N-dealkylation sites (N-methyl/N-ethyl adjacent to an activating group) is 1. The average Bonchev–Trinajstić information content (AvgIpc) is 3.18. The number of ether oxygens (including phenoxy) is 2. The van der Waals surface area contributed by atoms with Gasteiger partial charge in [0, 0.05) is 7.11 Å². The van der Waals surface area contributed by atoms with Crippen molar-refractivity contribution in [3.8, 4) is 5.75 Å². The Morgan fingerprint density at radius 1 is 1.30 bits per heavy atom. The molecule has 0 aliphatic heterocycles. The van der Waals surface area contributed by atoms with E-state index in [1.807, 2.05) is 0 Å². The Morgan fingerprint density at radius 2 is 2.00 bits per heavy atom. The van der Waals surface area contributed by atoms with Crippen molar-refractivity contribution in [1.82, 2.24) is 5.32 Å². The van der Waals surface area contributed by atoms with E-state index in [0.717, 1.165) is 18.4 Å². The lowest BCUT2D eigenvalue weighted by molar-refractivity contribution is -0.274. The molecule has 0 aromatic heterocycles. The quantitative estimate of drug-likeness (QED) is 0.872. The number of hydrogen-bond donors (Lipinski definition) is 1. The lowest BCUT2D eigenvalue weighted by Gasteiger charge is -2.26. The highest BCUT2D eigenvalue weighted by Gasteiger charge is 2.37. The summed E-state index contributed by atoms with van der Waals surface area (Å²) in [7, 11) is 3.40. The molecule has 2 rings (SSSR count). The fraction of sp³-hybridized carbons (Fsp3) is 0.571. The van der Waals surface area contributed by atoms with Crippen LogP contribution >= 0.6 is 0 Å². The lowest BCUT2D eigenvalue weighted by Crippen LogP contribution is -2.32. The second kappa shape index (κ2) is 6.01. The molecule has 0 saturated heterocycles. The molecule has 2 atom stereocenters. The Morgan fingerprint density at radius 3 is 2.50 bits per heavy atom. The van der Waals surface area contributed by atoms with Crippen LogP contribution in [0.2, 0.25) is 0 Å². The van der Waals surface area contributed by atoms with E-state index in [0.29, 0.717) is 5.92 Å². The van der Waals surface area contributed by atoms with E-state index in [-0.39, 0.29) is 17.9 Å². The molecular weight excluding hydrogens is 271 g/mol. The summed E-state index contributed by atoms with van der Waals surface area (Å²) < 4.78 is 46.2. The molecule has 1 aliphatic rings. The number of hydrogen-bond acceptors (Lipinski definition) is 3. The van der Waals surface area contributed by atoms with Crippen LogP contribution < -0.4 is 10.1 Å².